The first-order valence-electron chi connectivity index (χ1n) is 20.9. The molecule has 0 aliphatic rings. The third-order valence-corrected chi connectivity index (χ3v) is 9.05. The summed E-state index contributed by atoms with van der Waals surface area (Å²) < 4.78 is 33.7. The van der Waals surface area contributed by atoms with Gasteiger partial charge in [0.25, 0.3) is 7.82 Å². The first-order chi connectivity index (χ1) is 27.0. The fourth-order valence-electron chi connectivity index (χ4n) is 4.81. The maximum absolute atomic E-state index is 12.6. The molecule has 0 rings (SSSR count). The van der Waals surface area contributed by atoms with Crippen molar-refractivity contribution in [3.8, 4) is 0 Å². The molecule has 0 aromatic rings. The molecule has 0 aliphatic carbocycles. The Morgan fingerprint density at radius 3 is 1.50 bits per heavy atom. The molecular weight excluding hydrogens is 725 g/mol. The average Bonchev–Trinajstić information content (AvgIpc) is 3.15. The monoisotopic (exact) mass is 802 g/mol. The summed E-state index contributed by atoms with van der Waals surface area (Å²) in [6.45, 7) is 3.93. The summed E-state index contributed by atoms with van der Waals surface area (Å²) in [5, 5.41) is 0. The van der Waals surface area contributed by atoms with Crippen molar-refractivity contribution in [2.24, 2.45) is 0 Å². The fraction of sp³-hybridized carbons (Fsp3) is 0.609. The molecule has 0 fully saturated rings. The van der Waals surface area contributed by atoms with Crippen LogP contribution in [0.4, 0.5) is 0 Å². The highest BCUT2D eigenvalue weighted by molar-refractivity contribution is 7.45. The Kier molecular flexibility index (Phi) is 35.4. The van der Waals surface area contributed by atoms with E-state index in [9.17, 15) is 19.0 Å². The van der Waals surface area contributed by atoms with Crippen molar-refractivity contribution < 1.29 is 42.1 Å². The van der Waals surface area contributed by atoms with E-state index >= 15 is 0 Å². The molecule has 0 aliphatic heterocycles. The summed E-state index contributed by atoms with van der Waals surface area (Å²) in [7, 11) is 1.09. The van der Waals surface area contributed by atoms with Gasteiger partial charge in [-0.1, -0.05) is 124 Å². The molecule has 0 aromatic carbocycles. The number of quaternary nitrogens is 1. The van der Waals surface area contributed by atoms with Gasteiger partial charge in [0.2, 0.25) is 0 Å². The number of phosphoric acid groups is 1. The minimum absolute atomic E-state index is 0.0533. The largest absolute Gasteiger partial charge is 0.756 e. The van der Waals surface area contributed by atoms with Crippen LogP contribution in [0.1, 0.15) is 129 Å². The first-order valence-corrected chi connectivity index (χ1v) is 22.4. The molecule has 0 saturated carbocycles. The third kappa shape index (κ3) is 40.6. The summed E-state index contributed by atoms with van der Waals surface area (Å²) in [4.78, 5) is 37.4. The number of hydrogen-bond acceptors (Lipinski definition) is 8. The molecule has 0 bridgehead atoms. The topological polar surface area (TPSA) is 111 Å². The lowest BCUT2D eigenvalue weighted by atomic mass is 10.1. The van der Waals surface area contributed by atoms with Gasteiger partial charge in [-0.2, -0.15) is 0 Å². The van der Waals surface area contributed by atoms with Crippen molar-refractivity contribution in [2.75, 3.05) is 47.5 Å². The van der Waals surface area contributed by atoms with Crippen molar-refractivity contribution in [1.82, 2.24) is 0 Å². The zero-order valence-electron chi connectivity index (χ0n) is 35.5. The van der Waals surface area contributed by atoms with Crippen molar-refractivity contribution in [1.29, 1.82) is 0 Å². The number of hydrogen-bond donors (Lipinski definition) is 0. The molecule has 2 atom stereocenters. The highest BCUT2D eigenvalue weighted by Gasteiger charge is 2.21. The molecule has 0 radical (unpaired) electrons. The van der Waals surface area contributed by atoms with Crippen LogP contribution in [0, 0.1) is 0 Å². The van der Waals surface area contributed by atoms with Gasteiger partial charge in [0.15, 0.2) is 6.10 Å². The number of likely N-dealkylation sites (N-methyl/N-ethyl adjacent to an activating group) is 1. The molecule has 0 heterocycles. The molecule has 0 amide bonds. The van der Waals surface area contributed by atoms with E-state index in [0.717, 1.165) is 64.2 Å². The highest BCUT2D eigenvalue weighted by atomic mass is 31.2. The predicted octanol–water partition coefficient (Wildman–Crippen LogP) is 11.2. The molecular formula is C46H76NO8P. The molecule has 318 valence electrons. The Labute approximate surface area is 341 Å². The number of ether oxygens (including phenoxy) is 2. The van der Waals surface area contributed by atoms with Crippen LogP contribution in [0.25, 0.3) is 0 Å². The number of allylic oxidation sites excluding steroid dienone is 16. The summed E-state index contributed by atoms with van der Waals surface area (Å²) in [6, 6.07) is 0. The van der Waals surface area contributed by atoms with E-state index in [1.807, 2.05) is 27.2 Å². The number of unbranched alkanes of at least 4 members (excludes halogenated alkanes) is 6. The van der Waals surface area contributed by atoms with Gasteiger partial charge < -0.3 is 27.9 Å². The van der Waals surface area contributed by atoms with Gasteiger partial charge >= 0.3 is 11.9 Å². The summed E-state index contributed by atoms with van der Waals surface area (Å²) in [5.74, 6) is -0.960. The minimum atomic E-state index is -4.65. The smallest absolute Gasteiger partial charge is 0.306 e. The van der Waals surface area contributed by atoms with Crippen LogP contribution in [0.3, 0.4) is 0 Å². The number of carbonyl (C=O) groups is 2. The van der Waals surface area contributed by atoms with Gasteiger partial charge in [0.05, 0.1) is 27.7 Å². The quantitative estimate of drug-likeness (QED) is 0.0202. The standard InChI is InChI=1S/C46H76NO8P/c1-6-8-10-12-14-16-18-20-22-23-25-27-29-31-33-35-37-39-46(49)55-44(43-54-56(50,51)53-41-40-47(3,4)5)42-52-45(48)38-36-34-32-30-28-26-24-21-19-17-15-13-11-9-7-2/h8,10,14-17,20-22,24-25,27-28,30-31,33,44H,6-7,9,11-13,18-19,23,26,29,32,34-43H2,1-5H3/b10-8-,16-14-,17-15-,22-20-,24-21-,27-25-,30-28-,33-31-/t44-/m1/s1. The Hall–Kier alpha value is -3.07. The Balaban J connectivity index is 4.59. The van der Waals surface area contributed by atoms with Crippen molar-refractivity contribution in [3.63, 3.8) is 0 Å². The third-order valence-electron chi connectivity index (χ3n) is 8.09. The van der Waals surface area contributed by atoms with Gasteiger partial charge in [-0.3, -0.25) is 14.2 Å². The lowest BCUT2D eigenvalue weighted by Gasteiger charge is -2.28. The molecule has 9 nitrogen and oxygen atoms in total. The maximum Gasteiger partial charge on any atom is 0.306 e. The van der Waals surface area contributed by atoms with Crippen LogP contribution in [-0.4, -0.2) is 70.0 Å². The predicted molar refractivity (Wildman–Crippen MR) is 231 cm³/mol. The van der Waals surface area contributed by atoms with Gasteiger partial charge in [-0.05, 0) is 89.9 Å². The average molecular weight is 802 g/mol. The Morgan fingerprint density at radius 1 is 0.571 bits per heavy atom. The minimum Gasteiger partial charge on any atom is -0.756 e. The van der Waals surface area contributed by atoms with Crippen LogP contribution in [0.2, 0.25) is 0 Å². The second-order valence-electron chi connectivity index (χ2n) is 14.6. The lowest BCUT2D eigenvalue weighted by molar-refractivity contribution is -0.870. The Bertz CT molecular complexity index is 1270. The highest BCUT2D eigenvalue weighted by Crippen LogP contribution is 2.38. The number of rotatable bonds is 36. The van der Waals surface area contributed by atoms with Crippen LogP contribution in [0.5, 0.6) is 0 Å². The van der Waals surface area contributed by atoms with Crippen molar-refractivity contribution in [3.05, 3.63) is 97.2 Å². The van der Waals surface area contributed by atoms with E-state index in [1.54, 1.807) is 0 Å². The van der Waals surface area contributed by atoms with Gasteiger partial charge in [0.1, 0.15) is 19.8 Å². The number of phosphoric ester groups is 1. The summed E-state index contributed by atoms with van der Waals surface area (Å²) >= 11 is 0. The van der Waals surface area contributed by atoms with Crippen LogP contribution >= 0.6 is 7.82 Å². The van der Waals surface area contributed by atoms with Gasteiger partial charge in [-0.25, -0.2) is 0 Å². The normalized spacial score (nSPS) is 14.6. The zero-order chi connectivity index (χ0) is 41.4. The first kappa shape index (κ1) is 52.9. The Morgan fingerprint density at radius 2 is 1.02 bits per heavy atom. The van der Waals surface area contributed by atoms with Crippen LogP contribution in [0.15, 0.2) is 97.2 Å². The molecule has 0 N–H and O–H groups in total. The maximum atomic E-state index is 12.6. The van der Waals surface area contributed by atoms with Gasteiger partial charge in [0, 0.05) is 12.8 Å². The molecule has 0 aromatic heterocycles. The molecule has 0 spiro atoms. The fourth-order valence-corrected chi connectivity index (χ4v) is 5.54. The summed E-state index contributed by atoms with van der Waals surface area (Å²) in [5.41, 5.74) is 0. The number of nitrogens with zero attached hydrogens (tertiary/aromatic N) is 1. The zero-order valence-corrected chi connectivity index (χ0v) is 36.4. The molecule has 56 heavy (non-hydrogen) atoms. The van der Waals surface area contributed by atoms with E-state index in [1.165, 1.54) is 19.3 Å². The van der Waals surface area contributed by atoms with Crippen molar-refractivity contribution in [2.45, 2.75) is 136 Å². The van der Waals surface area contributed by atoms with Crippen LogP contribution < -0.4 is 4.89 Å². The van der Waals surface area contributed by atoms with E-state index in [-0.39, 0.29) is 26.1 Å². The molecule has 10 heteroatoms. The number of carbonyl (C=O) groups excluding carboxylic acids is 2. The second-order valence-corrected chi connectivity index (χ2v) is 16.0. The number of esters is 2. The SMILES string of the molecule is CC/C=C\C/C=C\C/C=C\C/C=C\C/C=C\CCCC(=O)O[C@H](COC(=O)CCCC/C=C\C/C=C\C/C=C\CCCCC)COP(=O)([O-])OCC[N+](C)(C)C. The summed E-state index contributed by atoms with van der Waals surface area (Å²) in [6.07, 6.45) is 48.8. The lowest BCUT2D eigenvalue weighted by Crippen LogP contribution is -2.37. The van der Waals surface area contributed by atoms with E-state index in [0.29, 0.717) is 30.3 Å². The molecule has 1 unspecified atom stereocenters. The van der Waals surface area contributed by atoms with E-state index in [4.69, 9.17) is 18.5 Å². The van der Waals surface area contributed by atoms with Crippen LogP contribution in [-0.2, 0) is 32.7 Å². The molecule has 0 saturated heterocycles. The van der Waals surface area contributed by atoms with Gasteiger partial charge in [-0.15, -0.1) is 0 Å². The van der Waals surface area contributed by atoms with E-state index in [2.05, 4.69) is 105 Å². The van der Waals surface area contributed by atoms with Crippen molar-refractivity contribution >= 4 is 19.8 Å². The van der Waals surface area contributed by atoms with E-state index < -0.39 is 32.5 Å². The second kappa shape index (κ2) is 37.5.